The third kappa shape index (κ3) is 6.79. The third-order valence-electron chi connectivity index (χ3n) is 3.82. The lowest BCUT2D eigenvalue weighted by molar-refractivity contribution is -0.119. The minimum absolute atomic E-state index is 0.163. The van der Waals surface area contributed by atoms with E-state index in [0.717, 1.165) is 5.56 Å². The van der Waals surface area contributed by atoms with Gasteiger partial charge >= 0.3 is 0 Å². The van der Waals surface area contributed by atoms with E-state index in [4.69, 9.17) is 15.2 Å². The van der Waals surface area contributed by atoms with Crippen molar-refractivity contribution in [2.45, 2.75) is 6.54 Å². The smallest absolute Gasteiger partial charge is 0.255 e. The van der Waals surface area contributed by atoms with Crippen molar-refractivity contribution in [1.29, 1.82) is 0 Å². The minimum atomic E-state index is -0.525. The molecule has 0 aliphatic rings. The van der Waals surface area contributed by atoms with Crippen molar-refractivity contribution in [2.24, 2.45) is 10.7 Å². The number of hydrogen-bond donors (Lipinski definition) is 2. The summed E-state index contributed by atoms with van der Waals surface area (Å²) in [6.45, 7) is 1.19. The van der Waals surface area contributed by atoms with Crippen LogP contribution in [0.3, 0.4) is 0 Å². The first kappa shape index (κ1) is 21.0. The Labute approximate surface area is 164 Å². The Morgan fingerprint density at radius 1 is 1.21 bits per heavy atom. The van der Waals surface area contributed by atoms with E-state index in [-0.39, 0.29) is 18.2 Å². The molecule has 0 heterocycles. The Hall–Kier alpha value is -3.29. The molecular formula is C20H25FN4O3. The van der Waals surface area contributed by atoms with Crippen molar-refractivity contribution >= 4 is 11.9 Å². The lowest BCUT2D eigenvalue weighted by Crippen LogP contribution is -2.40. The van der Waals surface area contributed by atoms with Crippen LogP contribution in [0, 0.1) is 5.82 Å². The SMILES string of the molecule is CN=C(NCc1cccc(OCC(N)=O)c1)N(C)CCOc1ccccc1F. The van der Waals surface area contributed by atoms with Gasteiger partial charge in [0.25, 0.3) is 5.91 Å². The highest BCUT2D eigenvalue weighted by Gasteiger charge is 2.08. The van der Waals surface area contributed by atoms with Crippen molar-refractivity contribution in [1.82, 2.24) is 10.2 Å². The molecule has 3 N–H and O–H groups in total. The summed E-state index contributed by atoms with van der Waals surface area (Å²) < 4.78 is 24.3. The number of carbonyl (C=O) groups excluding carboxylic acids is 1. The number of nitrogens with two attached hydrogens (primary N) is 1. The van der Waals surface area contributed by atoms with Gasteiger partial charge in [-0.1, -0.05) is 24.3 Å². The van der Waals surface area contributed by atoms with Gasteiger partial charge in [0.2, 0.25) is 0 Å². The number of likely N-dealkylation sites (N-methyl/N-ethyl adjacent to an activating group) is 1. The molecule has 0 unspecified atom stereocenters. The fourth-order valence-electron chi connectivity index (χ4n) is 2.43. The van der Waals surface area contributed by atoms with Crippen molar-refractivity contribution in [2.75, 3.05) is 33.9 Å². The molecule has 0 saturated heterocycles. The maximum atomic E-state index is 13.6. The first-order chi connectivity index (χ1) is 13.5. The van der Waals surface area contributed by atoms with E-state index < -0.39 is 5.91 Å². The topological polar surface area (TPSA) is 89.2 Å². The van der Waals surface area contributed by atoms with E-state index in [0.29, 0.717) is 31.4 Å². The molecule has 0 bridgehead atoms. The number of carbonyl (C=O) groups is 1. The highest BCUT2D eigenvalue weighted by atomic mass is 19.1. The zero-order chi connectivity index (χ0) is 20.4. The summed E-state index contributed by atoms with van der Waals surface area (Å²) >= 11 is 0. The summed E-state index contributed by atoms with van der Waals surface area (Å²) in [5.74, 6) is 0.557. The molecule has 0 aromatic heterocycles. The van der Waals surface area contributed by atoms with Gasteiger partial charge in [0.15, 0.2) is 24.1 Å². The van der Waals surface area contributed by atoms with Crippen molar-refractivity contribution in [3.05, 3.63) is 59.9 Å². The number of aliphatic imine (C=N–C) groups is 1. The number of halogens is 1. The first-order valence-corrected chi connectivity index (χ1v) is 8.78. The summed E-state index contributed by atoms with van der Waals surface area (Å²) in [5.41, 5.74) is 6.04. The van der Waals surface area contributed by atoms with Crippen molar-refractivity contribution in [3.8, 4) is 11.5 Å². The molecule has 2 aromatic carbocycles. The Bertz CT molecular complexity index is 814. The molecule has 150 valence electrons. The largest absolute Gasteiger partial charge is 0.489 e. The average Bonchev–Trinajstić information content (AvgIpc) is 2.68. The number of benzene rings is 2. The van der Waals surface area contributed by atoms with Gasteiger partial charge in [0.1, 0.15) is 12.4 Å². The Morgan fingerprint density at radius 3 is 2.71 bits per heavy atom. The molecule has 7 nitrogen and oxygen atoms in total. The Morgan fingerprint density at radius 2 is 2.00 bits per heavy atom. The fourth-order valence-corrected chi connectivity index (χ4v) is 2.43. The minimum Gasteiger partial charge on any atom is -0.489 e. The third-order valence-corrected chi connectivity index (χ3v) is 3.82. The quantitative estimate of drug-likeness (QED) is 0.505. The number of para-hydroxylation sites is 1. The molecule has 0 atom stereocenters. The molecule has 28 heavy (non-hydrogen) atoms. The maximum Gasteiger partial charge on any atom is 0.255 e. The molecule has 2 aromatic rings. The van der Waals surface area contributed by atoms with Gasteiger partial charge in [-0.15, -0.1) is 0 Å². The number of nitrogens with zero attached hydrogens (tertiary/aromatic N) is 2. The Kier molecular flexibility index (Phi) is 8.08. The van der Waals surface area contributed by atoms with Crippen LogP contribution < -0.4 is 20.5 Å². The summed E-state index contributed by atoms with van der Waals surface area (Å²) in [5, 5.41) is 3.24. The Balaban J connectivity index is 1.82. The van der Waals surface area contributed by atoms with Gasteiger partial charge in [0, 0.05) is 20.6 Å². The van der Waals surface area contributed by atoms with E-state index in [1.807, 2.05) is 30.1 Å². The lowest BCUT2D eigenvalue weighted by atomic mass is 10.2. The number of ether oxygens (including phenoxy) is 2. The zero-order valence-electron chi connectivity index (χ0n) is 16.0. The predicted octanol–water partition coefficient (Wildman–Crippen LogP) is 1.78. The molecule has 0 aliphatic heterocycles. The molecule has 0 saturated carbocycles. The summed E-state index contributed by atoms with van der Waals surface area (Å²) in [6, 6.07) is 13.6. The molecule has 0 aliphatic carbocycles. The maximum absolute atomic E-state index is 13.6. The highest BCUT2D eigenvalue weighted by molar-refractivity contribution is 5.79. The second kappa shape index (κ2) is 10.8. The van der Waals surface area contributed by atoms with E-state index in [1.54, 1.807) is 31.3 Å². The molecule has 1 amide bonds. The molecule has 8 heteroatoms. The van der Waals surface area contributed by atoms with Crippen molar-refractivity contribution in [3.63, 3.8) is 0 Å². The second-order valence-corrected chi connectivity index (χ2v) is 6.00. The molecule has 2 rings (SSSR count). The summed E-state index contributed by atoms with van der Waals surface area (Å²) in [4.78, 5) is 16.9. The highest BCUT2D eigenvalue weighted by Crippen LogP contribution is 2.15. The molecule has 0 fully saturated rings. The lowest BCUT2D eigenvalue weighted by Gasteiger charge is -2.22. The number of nitrogens with one attached hydrogen (secondary N) is 1. The van der Waals surface area contributed by atoms with Gasteiger partial charge in [-0.2, -0.15) is 0 Å². The second-order valence-electron chi connectivity index (χ2n) is 6.00. The van der Waals surface area contributed by atoms with Gasteiger partial charge in [0.05, 0.1) is 6.54 Å². The number of rotatable bonds is 9. The molecular weight excluding hydrogens is 363 g/mol. The number of amides is 1. The van der Waals surface area contributed by atoms with Crippen LogP contribution in [-0.2, 0) is 11.3 Å². The average molecular weight is 388 g/mol. The number of primary amides is 1. The van der Waals surface area contributed by atoms with Crippen LogP contribution in [0.15, 0.2) is 53.5 Å². The standard InChI is InChI=1S/C20H25FN4O3/c1-23-20(25(2)10-11-27-18-9-4-3-8-17(18)21)24-13-15-6-5-7-16(12-15)28-14-19(22)26/h3-9,12H,10-11,13-14H2,1-2H3,(H2,22,26)(H,23,24). The van der Waals surface area contributed by atoms with Crippen LogP contribution in [0.5, 0.6) is 11.5 Å². The molecule has 0 spiro atoms. The van der Waals surface area contributed by atoms with Crippen LogP contribution in [0.25, 0.3) is 0 Å². The number of hydrogen-bond acceptors (Lipinski definition) is 4. The van der Waals surface area contributed by atoms with Gasteiger partial charge in [-0.25, -0.2) is 4.39 Å². The van der Waals surface area contributed by atoms with E-state index >= 15 is 0 Å². The van der Waals surface area contributed by atoms with E-state index in [1.165, 1.54) is 6.07 Å². The van der Waals surface area contributed by atoms with Crippen LogP contribution in [0.1, 0.15) is 5.56 Å². The number of guanidine groups is 1. The van der Waals surface area contributed by atoms with Crippen LogP contribution in [0.2, 0.25) is 0 Å². The van der Waals surface area contributed by atoms with E-state index in [9.17, 15) is 9.18 Å². The first-order valence-electron chi connectivity index (χ1n) is 8.78. The van der Waals surface area contributed by atoms with Crippen LogP contribution >= 0.6 is 0 Å². The summed E-state index contributed by atoms with van der Waals surface area (Å²) in [7, 11) is 3.55. The van der Waals surface area contributed by atoms with E-state index in [2.05, 4.69) is 10.3 Å². The van der Waals surface area contributed by atoms with Crippen LogP contribution in [0.4, 0.5) is 4.39 Å². The summed E-state index contributed by atoms with van der Waals surface area (Å²) in [6.07, 6.45) is 0. The predicted molar refractivity (Wildman–Crippen MR) is 106 cm³/mol. The van der Waals surface area contributed by atoms with Gasteiger partial charge in [-0.05, 0) is 29.8 Å². The zero-order valence-corrected chi connectivity index (χ0v) is 16.0. The van der Waals surface area contributed by atoms with Gasteiger partial charge in [-0.3, -0.25) is 9.79 Å². The molecule has 0 radical (unpaired) electrons. The monoisotopic (exact) mass is 388 g/mol. The van der Waals surface area contributed by atoms with Crippen molar-refractivity contribution < 1.29 is 18.7 Å². The normalized spacial score (nSPS) is 11.0. The van der Waals surface area contributed by atoms with Gasteiger partial charge < -0.3 is 25.4 Å². The van der Waals surface area contributed by atoms with Crippen LogP contribution in [-0.4, -0.2) is 50.6 Å². The fraction of sp³-hybridized carbons (Fsp3) is 0.300.